The number of nitro groups is 1. The second-order valence-electron chi connectivity index (χ2n) is 5.18. The average Bonchev–Trinajstić information content (AvgIpc) is 2.35. The fourth-order valence-electron chi connectivity index (χ4n) is 1.61. The summed E-state index contributed by atoms with van der Waals surface area (Å²) in [7, 11) is 1.44. The van der Waals surface area contributed by atoms with Gasteiger partial charge in [0.2, 0.25) is 0 Å². The van der Waals surface area contributed by atoms with Gasteiger partial charge in [0.1, 0.15) is 11.2 Å². The van der Waals surface area contributed by atoms with Gasteiger partial charge in [0, 0.05) is 13.0 Å². The maximum Gasteiger partial charge on any atom is 0.303 e. The third-order valence-corrected chi connectivity index (χ3v) is 2.43. The van der Waals surface area contributed by atoms with Crippen molar-refractivity contribution in [2.45, 2.75) is 33.3 Å². The van der Waals surface area contributed by atoms with Crippen molar-refractivity contribution >= 4 is 11.4 Å². The predicted molar refractivity (Wildman–Crippen MR) is 73.4 cm³/mol. The van der Waals surface area contributed by atoms with Crippen LogP contribution in [0.1, 0.15) is 33.3 Å². The quantitative estimate of drug-likeness (QED) is 0.278. The lowest BCUT2D eigenvalue weighted by Gasteiger charge is -2.22. The van der Waals surface area contributed by atoms with E-state index < -0.39 is 10.5 Å². The molecule has 0 bridgehead atoms. The van der Waals surface area contributed by atoms with E-state index in [1.165, 1.54) is 26.2 Å². The molecule has 0 aliphatic carbocycles. The topological polar surface area (TPSA) is 98.0 Å². The van der Waals surface area contributed by atoms with Gasteiger partial charge in [0.25, 0.3) is 5.69 Å². The Bertz CT molecular complexity index is 584. The highest BCUT2D eigenvalue weighted by Crippen LogP contribution is 2.36. The van der Waals surface area contributed by atoms with Gasteiger partial charge in [-0.1, -0.05) is 0 Å². The minimum Gasteiger partial charge on any atom is -0.493 e. The van der Waals surface area contributed by atoms with Gasteiger partial charge < -0.3 is 15.0 Å². The van der Waals surface area contributed by atoms with Gasteiger partial charge >= 0.3 is 5.71 Å². The van der Waals surface area contributed by atoms with Gasteiger partial charge in [-0.3, -0.25) is 10.1 Å². The molecule has 0 saturated heterocycles. The number of ether oxygens (including phenoxy) is 2. The van der Waals surface area contributed by atoms with Gasteiger partial charge in [-0.05, 0) is 20.8 Å². The zero-order valence-electron chi connectivity index (χ0n) is 12.1. The molecule has 0 saturated carbocycles. The number of hydrogen-bond donors (Lipinski definition) is 0. The zero-order valence-corrected chi connectivity index (χ0v) is 12.1. The van der Waals surface area contributed by atoms with Crippen LogP contribution in [0.3, 0.4) is 0 Å². The van der Waals surface area contributed by atoms with Crippen molar-refractivity contribution in [3.8, 4) is 11.5 Å². The molecule has 108 valence electrons. The normalized spacial score (nSPS) is 10.7. The predicted octanol–water partition coefficient (Wildman–Crippen LogP) is 2.82. The molecular formula is C13H17N3O4. The number of nitrogens with zero attached hydrogens (tertiary/aromatic N) is 3. The number of rotatable bonds is 4. The van der Waals surface area contributed by atoms with E-state index in [1.54, 1.807) is 0 Å². The fourth-order valence-corrected chi connectivity index (χ4v) is 1.61. The molecule has 0 heterocycles. The maximum absolute atomic E-state index is 11.1. The van der Waals surface area contributed by atoms with E-state index in [0.29, 0.717) is 5.75 Å². The molecule has 0 aliphatic heterocycles. The van der Waals surface area contributed by atoms with Crippen molar-refractivity contribution < 1.29 is 19.2 Å². The monoisotopic (exact) mass is 279 g/mol. The van der Waals surface area contributed by atoms with Gasteiger partial charge in [0.05, 0.1) is 18.1 Å². The summed E-state index contributed by atoms with van der Waals surface area (Å²) in [6.45, 7) is 6.94. The Morgan fingerprint density at radius 1 is 1.35 bits per heavy atom. The highest BCUT2D eigenvalue weighted by atomic mass is 16.6. The summed E-state index contributed by atoms with van der Waals surface area (Å²) in [6, 6.07) is 2.70. The van der Waals surface area contributed by atoms with E-state index in [4.69, 9.17) is 15.0 Å². The van der Waals surface area contributed by atoms with Crippen molar-refractivity contribution in [3.63, 3.8) is 0 Å². The van der Waals surface area contributed by atoms with Crippen LogP contribution in [0.15, 0.2) is 12.1 Å². The first-order valence-electron chi connectivity index (χ1n) is 5.94. The summed E-state index contributed by atoms with van der Waals surface area (Å²) in [4.78, 5) is 13.6. The number of benzene rings is 1. The lowest BCUT2D eigenvalue weighted by molar-refractivity contribution is -0.385. The number of nitro benzene ring substituents is 1. The van der Waals surface area contributed by atoms with E-state index in [1.807, 2.05) is 20.8 Å². The first-order valence-corrected chi connectivity index (χ1v) is 5.94. The van der Waals surface area contributed by atoms with Crippen LogP contribution in [0.5, 0.6) is 11.5 Å². The molecule has 0 radical (unpaired) electrons. The van der Waals surface area contributed by atoms with Crippen LogP contribution in [-0.2, 0) is 0 Å². The Morgan fingerprint density at radius 3 is 2.35 bits per heavy atom. The van der Waals surface area contributed by atoms with E-state index in [-0.39, 0.29) is 22.7 Å². The maximum atomic E-state index is 11.1. The molecule has 0 unspecified atom stereocenters. The van der Waals surface area contributed by atoms with Crippen LogP contribution < -0.4 is 9.47 Å². The Balaban J connectivity index is 3.53. The molecule has 0 N–H and O–H groups in total. The summed E-state index contributed by atoms with van der Waals surface area (Å²) < 4.78 is 10.8. The highest BCUT2D eigenvalue weighted by molar-refractivity contribution is 5.99. The van der Waals surface area contributed by atoms with Crippen LogP contribution in [0.4, 0.5) is 5.69 Å². The Kier molecular flexibility index (Phi) is 4.47. The summed E-state index contributed by atoms with van der Waals surface area (Å²) in [5, 5.41) is 11.1. The van der Waals surface area contributed by atoms with Crippen LogP contribution in [-0.4, -0.2) is 28.1 Å². The van der Waals surface area contributed by atoms with Gasteiger partial charge in [-0.2, -0.15) is 4.79 Å². The van der Waals surface area contributed by atoms with Gasteiger partial charge in [0.15, 0.2) is 11.5 Å². The molecule has 0 aromatic heterocycles. The summed E-state index contributed by atoms with van der Waals surface area (Å²) in [6.07, 6.45) is 0. The lowest BCUT2D eigenvalue weighted by Crippen LogP contribution is -2.23. The van der Waals surface area contributed by atoms with Crippen LogP contribution in [0, 0.1) is 10.1 Å². The van der Waals surface area contributed by atoms with E-state index in [9.17, 15) is 10.1 Å². The Morgan fingerprint density at radius 2 is 1.95 bits per heavy atom. The van der Waals surface area contributed by atoms with Gasteiger partial charge in [-0.15, -0.1) is 0 Å². The van der Waals surface area contributed by atoms with E-state index in [0.717, 1.165) is 0 Å². The molecule has 7 heteroatoms. The molecule has 1 rings (SSSR count). The summed E-state index contributed by atoms with van der Waals surface area (Å²) >= 11 is 0. The number of methoxy groups -OCH3 is 1. The van der Waals surface area contributed by atoms with Crippen molar-refractivity contribution in [1.82, 2.24) is 0 Å². The second kappa shape index (κ2) is 5.71. The van der Waals surface area contributed by atoms with Crippen LogP contribution in [0.25, 0.3) is 5.53 Å². The molecule has 0 spiro atoms. The Hall–Kier alpha value is -2.40. The average molecular weight is 279 g/mol. The van der Waals surface area contributed by atoms with E-state index >= 15 is 0 Å². The van der Waals surface area contributed by atoms with Crippen molar-refractivity contribution in [3.05, 3.63) is 33.3 Å². The molecular weight excluding hydrogens is 262 g/mol. The Labute approximate surface area is 116 Å². The first kappa shape index (κ1) is 15.7. The molecule has 0 amide bonds. The minimum atomic E-state index is -0.557. The van der Waals surface area contributed by atoms with Crippen molar-refractivity contribution in [2.24, 2.45) is 0 Å². The fraction of sp³-hybridized carbons (Fsp3) is 0.462. The van der Waals surface area contributed by atoms with E-state index in [2.05, 4.69) is 4.79 Å². The van der Waals surface area contributed by atoms with Crippen LogP contribution >= 0.6 is 0 Å². The lowest BCUT2D eigenvalue weighted by atomic mass is 10.1. The molecule has 20 heavy (non-hydrogen) atoms. The number of hydrogen-bond acceptors (Lipinski definition) is 4. The SMILES string of the molecule is COc1cc(C(C)=[N+]=[N-])c([N+](=O)[O-])cc1OC(C)(C)C. The second-order valence-corrected chi connectivity index (χ2v) is 5.18. The minimum absolute atomic E-state index is 0.123. The van der Waals surface area contributed by atoms with Crippen LogP contribution in [0.2, 0.25) is 0 Å². The first-order chi connectivity index (χ1) is 9.19. The summed E-state index contributed by atoms with van der Waals surface area (Å²) in [5.41, 5.74) is 8.37. The molecule has 0 atom stereocenters. The third-order valence-electron chi connectivity index (χ3n) is 2.43. The standard InChI is InChI=1S/C13H17N3O4/c1-8(15-14)9-6-11(19-5)12(20-13(2,3)4)7-10(9)16(17)18/h6-7H,1-5H3. The molecule has 0 fully saturated rings. The largest absolute Gasteiger partial charge is 0.493 e. The third kappa shape index (κ3) is 3.55. The molecule has 1 aromatic carbocycles. The van der Waals surface area contributed by atoms with Crippen molar-refractivity contribution in [1.29, 1.82) is 0 Å². The summed E-state index contributed by atoms with van der Waals surface area (Å²) in [5.74, 6) is 0.602. The van der Waals surface area contributed by atoms with Gasteiger partial charge in [-0.25, -0.2) is 0 Å². The molecule has 1 aromatic rings. The molecule has 7 nitrogen and oxygen atoms in total. The van der Waals surface area contributed by atoms with Crippen molar-refractivity contribution in [2.75, 3.05) is 7.11 Å². The highest BCUT2D eigenvalue weighted by Gasteiger charge is 2.26. The smallest absolute Gasteiger partial charge is 0.303 e. The molecule has 0 aliphatic rings. The zero-order chi connectivity index (χ0) is 15.5.